The van der Waals surface area contributed by atoms with Gasteiger partial charge in [0.25, 0.3) is 0 Å². The van der Waals surface area contributed by atoms with Gasteiger partial charge in [0.2, 0.25) is 0 Å². The Labute approximate surface area is 330 Å². The number of para-hydroxylation sites is 2. The summed E-state index contributed by atoms with van der Waals surface area (Å²) in [6.45, 7) is 0. The van der Waals surface area contributed by atoms with Crippen molar-refractivity contribution in [3.63, 3.8) is 0 Å². The van der Waals surface area contributed by atoms with E-state index in [9.17, 15) is 0 Å². The Morgan fingerprint density at radius 2 is 0.877 bits per heavy atom. The normalized spacial score (nSPS) is 11.9. The van der Waals surface area contributed by atoms with Crippen LogP contribution < -0.4 is 0 Å². The fraction of sp³-hybridized carbons (Fsp3) is 0. The first kappa shape index (κ1) is 31.9. The maximum atomic E-state index is 6.55. The molecule has 0 spiro atoms. The molecule has 0 fully saturated rings. The second kappa shape index (κ2) is 12.6. The van der Waals surface area contributed by atoms with E-state index >= 15 is 0 Å². The molecule has 0 aliphatic rings. The molecule has 0 radical (unpaired) electrons. The Kier molecular flexibility index (Phi) is 7.03. The van der Waals surface area contributed by atoms with E-state index in [1.165, 1.54) is 20.2 Å². The lowest BCUT2D eigenvalue weighted by atomic mass is 9.93. The van der Waals surface area contributed by atoms with E-state index in [1.54, 1.807) is 11.3 Å². The summed E-state index contributed by atoms with van der Waals surface area (Å²) in [7, 11) is 0. The first-order chi connectivity index (χ1) is 28.2. The molecule has 0 aliphatic carbocycles. The molecule has 5 nitrogen and oxygen atoms in total. The Bertz CT molecular complexity index is 3470. The maximum Gasteiger partial charge on any atom is 0.164 e. The van der Waals surface area contributed by atoms with Crippen LogP contribution >= 0.6 is 11.3 Å². The quantitative estimate of drug-likeness (QED) is 0.175. The van der Waals surface area contributed by atoms with Crippen molar-refractivity contribution in [2.45, 2.75) is 0 Å². The third-order valence-corrected chi connectivity index (χ3v) is 12.1. The molecular formula is C51H29N3O2S. The molecule has 57 heavy (non-hydrogen) atoms. The number of fused-ring (bicyclic) bond motifs is 9. The lowest BCUT2D eigenvalue weighted by Gasteiger charge is -2.10. The largest absolute Gasteiger partial charge is 0.456 e. The van der Waals surface area contributed by atoms with Gasteiger partial charge in [-0.05, 0) is 76.9 Å². The zero-order valence-corrected chi connectivity index (χ0v) is 31.1. The predicted octanol–water partition coefficient (Wildman–Crippen LogP) is 14.4. The highest BCUT2D eigenvalue weighted by atomic mass is 32.1. The lowest BCUT2D eigenvalue weighted by molar-refractivity contribution is 0.668. The molecule has 0 saturated heterocycles. The number of rotatable bonds is 5. The monoisotopic (exact) mass is 747 g/mol. The van der Waals surface area contributed by atoms with Crippen LogP contribution in [-0.4, -0.2) is 15.0 Å². The van der Waals surface area contributed by atoms with E-state index in [0.29, 0.717) is 17.5 Å². The third kappa shape index (κ3) is 5.26. The number of nitrogens with zero attached hydrogens (tertiary/aromatic N) is 3. The summed E-state index contributed by atoms with van der Waals surface area (Å²) in [4.78, 5) is 14.9. The van der Waals surface area contributed by atoms with E-state index in [-0.39, 0.29) is 0 Å². The van der Waals surface area contributed by atoms with Crippen molar-refractivity contribution in [1.29, 1.82) is 0 Å². The Morgan fingerprint density at radius 3 is 1.63 bits per heavy atom. The molecule has 0 bridgehead atoms. The first-order valence-electron chi connectivity index (χ1n) is 18.9. The van der Waals surface area contributed by atoms with E-state index in [0.717, 1.165) is 82.8 Å². The summed E-state index contributed by atoms with van der Waals surface area (Å²) in [6, 6.07) is 61.1. The summed E-state index contributed by atoms with van der Waals surface area (Å²) in [5.74, 6) is 1.95. The topological polar surface area (TPSA) is 65.0 Å². The molecule has 12 rings (SSSR count). The number of thiophene rings is 1. The van der Waals surface area contributed by atoms with Gasteiger partial charge in [-0.15, -0.1) is 11.3 Å². The molecule has 4 heterocycles. The average Bonchev–Trinajstić information content (AvgIpc) is 3.97. The number of aromatic nitrogens is 3. The van der Waals surface area contributed by atoms with Gasteiger partial charge in [-0.25, -0.2) is 15.0 Å². The van der Waals surface area contributed by atoms with Crippen LogP contribution in [0.25, 0.3) is 120 Å². The maximum absolute atomic E-state index is 6.55. The summed E-state index contributed by atoms with van der Waals surface area (Å²) < 4.78 is 15.2. The van der Waals surface area contributed by atoms with Crippen LogP contribution in [0.2, 0.25) is 0 Å². The summed E-state index contributed by atoms with van der Waals surface area (Å²) in [6.07, 6.45) is 0. The van der Waals surface area contributed by atoms with Crippen LogP contribution in [0.15, 0.2) is 185 Å². The molecule has 0 unspecified atom stereocenters. The van der Waals surface area contributed by atoms with E-state index in [2.05, 4.69) is 91.0 Å². The highest BCUT2D eigenvalue weighted by molar-refractivity contribution is 7.25. The van der Waals surface area contributed by atoms with Crippen LogP contribution in [0.5, 0.6) is 0 Å². The lowest BCUT2D eigenvalue weighted by Crippen LogP contribution is -1.99. The van der Waals surface area contributed by atoms with Crippen molar-refractivity contribution in [2.75, 3.05) is 0 Å². The van der Waals surface area contributed by atoms with Crippen molar-refractivity contribution in [1.82, 2.24) is 15.0 Å². The Morgan fingerprint density at radius 1 is 0.316 bits per heavy atom. The summed E-state index contributed by atoms with van der Waals surface area (Å²) in [5, 5.41) is 6.85. The first-order valence-corrected chi connectivity index (χ1v) is 19.7. The number of benzene rings is 8. The number of furan rings is 2. The van der Waals surface area contributed by atoms with Gasteiger partial charge in [-0.3, -0.25) is 0 Å². The highest BCUT2D eigenvalue weighted by Crippen LogP contribution is 2.44. The van der Waals surface area contributed by atoms with Crippen LogP contribution in [0.1, 0.15) is 0 Å². The Hall–Kier alpha value is -7.41. The molecule has 6 heteroatoms. The van der Waals surface area contributed by atoms with Crippen LogP contribution in [-0.2, 0) is 0 Å². The molecule has 266 valence electrons. The number of hydrogen-bond acceptors (Lipinski definition) is 6. The average molecular weight is 748 g/mol. The zero-order chi connectivity index (χ0) is 37.5. The van der Waals surface area contributed by atoms with Crippen molar-refractivity contribution in [3.05, 3.63) is 176 Å². The summed E-state index contributed by atoms with van der Waals surface area (Å²) >= 11 is 1.79. The minimum absolute atomic E-state index is 0.648. The molecule has 0 N–H and O–H groups in total. The molecule has 0 amide bonds. The fourth-order valence-corrected chi connectivity index (χ4v) is 9.30. The van der Waals surface area contributed by atoms with Gasteiger partial charge in [0.1, 0.15) is 22.3 Å². The second-order valence-corrected chi connectivity index (χ2v) is 15.5. The summed E-state index contributed by atoms with van der Waals surface area (Å²) in [5.41, 5.74) is 10.7. The minimum atomic E-state index is 0.648. The molecule has 12 aromatic rings. The van der Waals surface area contributed by atoms with Crippen molar-refractivity contribution >= 4 is 75.4 Å². The van der Waals surface area contributed by atoms with Crippen molar-refractivity contribution in [3.8, 4) is 56.4 Å². The predicted molar refractivity (Wildman–Crippen MR) is 234 cm³/mol. The minimum Gasteiger partial charge on any atom is -0.456 e. The van der Waals surface area contributed by atoms with Crippen molar-refractivity contribution < 1.29 is 8.83 Å². The third-order valence-electron chi connectivity index (χ3n) is 10.9. The van der Waals surface area contributed by atoms with Gasteiger partial charge in [0, 0.05) is 58.4 Å². The van der Waals surface area contributed by atoms with E-state index in [1.807, 2.05) is 84.9 Å². The highest BCUT2D eigenvalue weighted by Gasteiger charge is 2.19. The van der Waals surface area contributed by atoms with Crippen LogP contribution in [0.3, 0.4) is 0 Å². The fourth-order valence-electron chi connectivity index (χ4n) is 8.18. The van der Waals surface area contributed by atoms with Gasteiger partial charge in [-0.2, -0.15) is 0 Å². The molecule has 8 aromatic carbocycles. The van der Waals surface area contributed by atoms with Gasteiger partial charge in [-0.1, -0.05) is 121 Å². The number of hydrogen-bond donors (Lipinski definition) is 0. The second-order valence-electron chi connectivity index (χ2n) is 14.4. The SMILES string of the molecule is c1ccc(-c2nc(-c3ccccc3)nc(-c3ccc4c(c3)sc3ccc(-c5cc(-c6ccc7c(c6)oc6ccccc67)cc6oc7ccccc7c56)cc34)n2)cc1. The van der Waals surface area contributed by atoms with Gasteiger partial charge in [0.05, 0.1) is 0 Å². The zero-order valence-electron chi connectivity index (χ0n) is 30.3. The smallest absolute Gasteiger partial charge is 0.164 e. The molecule has 0 saturated carbocycles. The van der Waals surface area contributed by atoms with E-state index in [4.69, 9.17) is 23.8 Å². The van der Waals surface area contributed by atoms with Crippen LogP contribution in [0, 0.1) is 0 Å². The Balaban J connectivity index is 1.00. The van der Waals surface area contributed by atoms with Gasteiger partial charge >= 0.3 is 0 Å². The molecule has 0 aliphatic heterocycles. The van der Waals surface area contributed by atoms with Crippen LogP contribution in [0.4, 0.5) is 0 Å². The van der Waals surface area contributed by atoms with Gasteiger partial charge in [0.15, 0.2) is 17.5 Å². The standard InChI is InChI=1S/C51H29N3O2S/c1-3-11-30(12-4-1)49-52-50(31-13-5-2-6-14-31)54-51(53-49)34-20-23-38-41-25-33(21-24-46(41)57-47(38)29-34)40-26-35(28-45-48(40)39-16-8-10-18-43(39)56-45)32-19-22-37-36-15-7-9-17-42(36)55-44(37)27-32/h1-29H. The molecule has 0 atom stereocenters. The molecule has 4 aromatic heterocycles. The van der Waals surface area contributed by atoms with Crippen molar-refractivity contribution in [2.24, 2.45) is 0 Å². The van der Waals surface area contributed by atoms with E-state index < -0.39 is 0 Å². The van der Waals surface area contributed by atoms with Gasteiger partial charge < -0.3 is 8.83 Å². The molecular weight excluding hydrogens is 719 g/mol.